The normalized spacial score (nSPS) is 21.9. The molecule has 1 saturated carbocycles. The summed E-state index contributed by atoms with van der Waals surface area (Å²) in [5.41, 5.74) is 2.67. The van der Waals surface area contributed by atoms with Crippen molar-refractivity contribution in [2.45, 2.75) is 76.9 Å². The van der Waals surface area contributed by atoms with E-state index in [0.29, 0.717) is 18.2 Å². The van der Waals surface area contributed by atoms with Crippen LogP contribution in [0.4, 0.5) is 5.69 Å². The molecule has 1 N–H and O–H groups in total. The number of thiophene rings is 1. The SMILES string of the molecule is CC(C)c1ccc(N2C(=O)c3cc4sccc4n3C[C@]2(C)C(=O)NC2CCCCC2)cc1. The minimum atomic E-state index is -1.01. The van der Waals surface area contributed by atoms with Crippen LogP contribution in [0.15, 0.2) is 41.8 Å². The molecule has 0 radical (unpaired) electrons. The first-order valence-electron chi connectivity index (χ1n) is 11.7. The Balaban J connectivity index is 1.57. The summed E-state index contributed by atoms with van der Waals surface area (Å²) in [5, 5.41) is 5.34. The zero-order valence-electron chi connectivity index (χ0n) is 19.1. The van der Waals surface area contributed by atoms with E-state index in [4.69, 9.17) is 0 Å². The lowest BCUT2D eigenvalue weighted by molar-refractivity contribution is -0.127. The van der Waals surface area contributed by atoms with Crippen LogP contribution in [0.25, 0.3) is 10.2 Å². The van der Waals surface area contributed by atoms with Crippen molar-refractivity contribution in [3.8, 4) is 0 Å². The van der Waals surface area contributed by atoms with E-state index in [0.717, 1.165) is 41.6 Å². The topological polar surface area (TPSA) is 54.3 Å². The minimum Gasteiger partial charge on any atom is -0.351 e. The molecule has 2 aliphatic rings. The molecule has 1 aliphatic heterocycles. The summed E-state index contributed by atoms with van der Waals surface area (Å²) in [6.45, 7) is 6.67. The van der Waals surface area contributed by atoms with Crippen molar-refractivity contribution in [2.75, 3.05) is 4.90 Å². The van der Waals surface area contributed by atoms with Crippen molar-refractivity contribution in [3.05, 3.63) is 53.0 Å². The van der Waals surface area contributed by atoms with Crippen LogP contribution in [0.3, 0.4) is 0 Å². The number of hydrogen-bond acceptors (Lipinski definition) is 3. The Morgan fingerprint density at radius 2 is 1.84 bits per heavy atom. The van der Waals surface area contributed by atoms with Gasteiger partial charge in [-0.1, -0.05) is 45.2 Å². The highest BCUT2D eigenvalue weighted by molar-refractivity contribution is 7.17. The van der Waals surface area contributed by atoms with Gasteiger partial charge in [0.2, 0.25) is 5.91 Å². The molecule has 0 saturated heterocycles. The van der Waals surface area contributed by atoms with Crippen LogP contribution < -0.4 is 10.2 Å². The smallest absolute Gasteiger partial charge is 0.275 e. The third kappa shape index (κ3) is 3.45. The van der Waals surface area contributed by atoms with E-state index in [1.54, 1.807) is 16.2 Å². The van der Waals surface area contributed by atoms with Crippen molar-refractivity contribution in [1.82, 2.24) is 9.88 Å². The van der Waals surface area contributed by atoms with Gasteiger partial charge < -0.3 is 9.88 Å². The molecule has 0 spiro atoms. The van der Waals surface area contributed by atoms with Crippen LogP contribution in [0, 0.1) is 0 Å². The third-order valence-electron chi connectivity index (χ3n) is 7.15. The van der Waals surface area contributed by atoms with Crippen LogP contribution in [0.1, 0.15) is 74.8 Å². The van der Waals surface area contributed by atoms with Crippen LogP contribution in [-0.4, -0.2) is 28.0 Å². The standard InChI is InChI=1S/C26H31N3O2S/c1-17(2)18-9-11-20(12-10-18)29-24(30)22-15-23-21(13-14-32-23)28(22)16-26(29,3)25(31)27-19-7-5-4-6-8-19/h9-15,17,19H,4-8,16H2,1-3H3,(H,27,31)/t26-/m1/s1. The largest absolute Gasteiger partial charge is 0.351 e. The predicted octanol–water partition coefficient (Wildman–Crippen LogP) is 5.69. The third-order valence-corrected chi connectivity index (χ3v) is 8.01. The van der Waals surface area contributed by atoms with Crippen LogP contribution in [0.5, 0.6) is 0 Å². The fourth-order valence-electron chi connectivity index (χ4n) is 5.21. The average Bonchev–Trinajstić information content (AvgIpc) is 3.37. The zero-order valence-corrected chi connectivity index (χ0v) is 19.9. The Morgan fingerprint density at radius 3 is 2.53 bits per heavy atom. The molecule has 1 atom stereocenters. The molecule has 2 amide bonds. The van der Waals surface area contributed by atoms with E-state index in [1.165, 1.54) is 12.0 Å². The number of anilines is 1. The molecule has 3 aromatic rings. The second kappa shape index (κ2) is 8.07. The number of benzene rings is 1. The highest BCUT2D eigenvalue weighted by Crippen LogP contribution is 2.38. The molecule has 0 bridgehead atoms. The van der Waals surface area contributed by atoms with Crippen molar-refractivity contribution >= 4 is 39.1 Å². The number of carbonyl (C=O) groups excluding carboxylic acids is 2. The average molecular weight is 450 g/mol. The Labute approximate surface area is 193 Å². The monoisotopic (exact) mass is 449 g/mol. The van der Waals surface area contributed by atoms with E-state index < -0.39 is 5.54 Å². The van der Waals surface area contributed by atoms with Crippen molar-refractivity contribution in [2.24, 2.45) is 0 Å². The van der Waals surface area contributed by atoms with Gasteiger partial charge in [0.15, 0.2) is 0 Å². The lowest BCUT2D eigenvalue weighted by Crippen LogP contribution is -2.65. The molecule has 5 nitrogen and oxygen atoms in total. The number of nitrogens with one attached hydrogen (secondary N) is 1. The van der Waals surface area contributed by atoms with Gasteiger partial charge in [0.05, 0.1) is 16.8 Å². The van der Waals surface area contributed by atoms with Gasteiger partial charge in [0.1, 0.15) is 11.2 Å². The van der Waals surface area contributed by atoms with Gasteiger partial charge in [0, 0.05) is 11.7 Å². The summed E-state index contributed by atoms with van der Waals surface area (Å²) < 4.78 is 3.12. The molecule has 1 aliphatic carbocycles. The summed E-state index contributed by atoms with van der Waals surface area (Å²) in [5.74, 6) is 0.234. The Hall–Kier alpha value is -2.60. The van der Waals surface area contributed by atoms with Crippen LogP contribution in [0.2, 0.25) is 0 Å². The first-order chi connectivity index (χ1) is 15.4. The number of rotatable bonds is 4. The Bertz CT molecular complexity index is 1150. The summed E-state index contributed by atoms with van der Waals surface area (Å²) >= 11 is 1.63. The lowest BCUT2D eigenvalue weighted by atomic mass is 9.90. The number of hydrogen-bond donors (Lipinski definition) is 1. The molecule has 1 aromatic carbocycles. The molecular weight excluding hydrogens is 418 g/mol. The maximum Gasteiger partial charge on any atom is 0.275 e. The summed E-state index contributed by atoms with van der Waals surface area (Å²) in [7, 11) is 0. The van der Waals surface area contributed by atoms with Gasteiger partial charge in [0.25, 0.3) is 5.91 Å². The fraction of sp³-hybridized carbons (Fsp3) is 0.462. The maximum atomic E-state index is 13.8. The van der Waals surface area contributed by atoms with E-state index >= 15 is 0 Å². The molecule has 5 rings (SSSR count). The Kier molecular flexibility index (Phi) is 5.36. The van der Waals surface area contributed by atoms with Crippen LogP contribution >= 0.6 is 11.3 Å². The van der Waals surface area contributed by atoms with Gasteiger partial charge in [-0.15, -0.1) is 11.3 Å². The first-order valence-corrected chi connectivity index (χ1v) is 12.6. The van der Waals surface area contributed by atoms with E-state index in [9.17, 15) is 9.59 Å². The molecular formula is C26H31N3O2S. The van der Waals surface area contributed by atoms with Crippen molar-refractivity contribution in [3.63, 3.8) is 0 Å². The first kappa shape index (κ1) is 21.3. The number of amides is 2. The summed E-state index contributed by atoms with van der Waals surface area (Å²) in [6, 6.07) is 12.3. The maximum absolute atomic E-state index is 13.8. The predicted molar refractivity (Wildman–Crippen MR) is 131 cm³/mol. The summed E-state index contributed by atoms with van der Waals surface area (Å²) in [6.07, 6.45) is 5.57. The Morgan fingerprint density at radius 1 is 1.12 bits per heavy atom. The van der Waals surface area contributed by atoms with E-state index in [1.807, 2.05) is 41.1 Å². The number of carbonyl (C=O) groups is 2. The molecule has 168 valence electrons. The fourth-order valence-corrected chi connectivity index (χ4v) is 6.04. The van der Waals surface area contributed by atoms with Gasteiger partial charge in [-0.05, 0) is 60.9 Å². The lowest BCUT2D eigenvalue weighted by Gasteiger charge is -2.44. The van der Waals surface area contributed by atoms with Crippen molar-refractivity contribution in [1.29, 1.82) is 0 Å². The highest BCUT2D eigenvalue weighted by Gasteiger charge is 2.49. The van der Waals surface area contributed by atoms with Gasteiger partial charge >= 0.3 is 0 Å². The minimum absolute atomic E-state index is 0.0617. The number of nitrogens with zero attached hydrogens (tertiary/aromatic N) is 2. The van der Waals surface area contributed by atoms with Crippen LogP contribution in [-0.2, 0) is 11.3 Å². The van der Waals surface area contributed by atoms with E-state index in [-0.39, 0.29) is 17.9 Å². The zero-order chi connectivity index (χ0) is 22.5. The molecule has 2 aromatic heterocycles. The van der Waals surface area contributed by atoms with Crippen molar-refractivity contribution < 1.29 is 9.59 Å². The molecule has 0 unspecified atom stereocenters. The highest BCUT2D eigenvalue weighted by atomic mass is 32.1. The van der Waals surface area contributed by atoms with Gasteiger partial charge in [-0.25, -0.2) is 0 Å². The molecule has 32 heavy (non-hydrogen) atoms. The second-order valence-electron chi connectivity index (χ2n) is 9.75. The quantitative estimate of drug-likeness (QED) is 0.556. The van der Waals surface area contributed by atoms with Gasteiger partial charge in [-0.2, -0.15) is 0 Å². The van der Waals surface area contributed by atoms with E-state index in [2.05, 4.69) is 31.3 Å². The molecule has 6 heteroatoms. The second-order valence-corrected chi connectivity index (χ2v) is 10.7. The molecule has 1 fully saturated rings. The molecule has 3 heterocycles. The number of fused-ring (bicyclic) bond motifs is 3. The van der Waals surface area contributed by atoms with Gasteiger partial charge in [-0.3, -0.25) is 14.5 Å². The summed E-state index contributed by atoms with van der Waals surface area (Å²) in [4.78, 5) is 29.4. The number of aromatic nitrogens is 1.